The number of guanidine groups is 1. The second kappa shape index (κ2) is 10.2. The molecule has 1 unspecified atom stereocenters. The molecule has 8 nitrogen and oxygen atoms in total. The predicted molar refractivity (Wildman–Crippen MR) is 119 cm³/mol. The highest BCUT2D eigenvalue weighted by Gasteiger charge is 2.25. The molecule has 2 aromatic rings. The summed E-state index contributed by atoms with van der Waals surface area (Å²) in [4.78, 5) is 7.22. The highest BCUT2D eigenvalue weighted by molar-refractivity contribution is 14.0. The number of nitrogens with zero attached hydrogens (tertiary/aromatic N) is 5. The highest BCUT2D eigenvalue weighted by atomic mass is 127. The molecule has 2 aliphatic heterocycles. The van der Waals surface area contributed by atoms with Gasteiger partial charge in [0.1, 0.15) is 18.1 Å². The fourth-order valence-corrected chi connectivity index (χ4v) is 3.96. The lowest BCUT2D eigenvalue weighted by Crippen LogP contribution is -2.42. The van der Waals surface area contributed by atoms with Crippen molar-refractivity contribution >= 4 is 29.9 Å². The van der Waals surface area contributed by atoms with Crippen LogP contribution in [0.1, 0.15) is 49.6 Å². The van der Waals surface area contributed by atoms with Crippen molar-refractivity contribution in [3.8, 4) is 0 Å². The zero-order chi connectivity index (χ0) is 18.5. The number of rotatable bonds is 7. The molecule has 1 atom stereocenters. The second-order valence-corrected chi connectivity index (χ2v) is 7.14. The Kier molecular flexibility index (Phi) is 7.72. The molecule has 0 bridgehead atoms. The van der Waals surface area contributed by atoms with Crippen LogP contribution in [0.3, 0.4) is 0 Å². The molecule has 2 aromatic heterocycles. The van der Waals surface area contributed by atoms with Crippen LogP contribution in [-0.4, -0.2) is 51.8 Å². The Balaban J connectivity index is 0.00000225. The zero-order valence-electron chi connectivity index (χ0n) is 16.4. The third-order valence-corrected chi connectivity index (χ3v) is 5.32. The lowest BCUT2D eigenvalue weighted by atomic mass is 10.2. The molecule has 28 heavy (non-hydrogen) atoms. The molecule has 0 radical (unpaired) electrons. The number of aromatic nitrogens is 3. The van der Waals surface area contributed by atoms with Gasteiger partial charge in [0, 0.05) is 26.1 Å². The monoisotopic (exact) mass is 499 g/mol. The number of fused-ring (bicyclic) bond motifs is 1. The van der Waals surface area contributed by atoms with Crippen molar-refractivity contribution in [1.82, 2.24) is 30.3 Å². The summed E-state index contributed by atoms with van der Waals surface area (Å²) in [6, 6.07) is 4.25. The van der Waals surface area contributed by atoms with Gasteiger partial charge in [-0.15, -0.1) is 34.2 Å². The van der Waals surface area contributed by atoms with Gasteiger partial charge in [0.2, 0.25) is 0 Å². The van der Waals surface area contributed by atoms with Gasteiger partial charge >= 0.3 is 0 Å². The van der Waals surface area contributed by atoms with Crippen LogP contribution in [0.4, 0.5) is 0 Å². The summed E-state index contributed by atoms with van der Waals surface area (Å²) in [6.45, 7) is 7.44. The summed E-state index contributed by atoms with van der Waals surface area (Å²) in [5.74, 6) is 3.85. The minimum absolute atomic E-state index is 0. The maximum absolute atomic E-state index is 5.71. The van der Waals surface area contributed by atoms with E-state index in [1.54, 1.807) is 6.26 Å². The van der Waals surface area contributed by atoms with Crippen molar-refractivity contribution in [3.05, 3.63) is 35.8 Å². The Morgan fingerprint density at radius 1 is 1.21 bits per heavy atom. The van der Waals surface area contributed by atoms with Crippen LogP contribution in [0.15, 0.2) is 27.8 Å². The fraction of sp³-hybridized carbons (Fsp3) is 0.632. The quantitative estimate of drug-likeness (QED) is 0.346. The number of likely N-dealkylation sites (tertiary alicyclic amines) is 1. The van der Waals surface area contributed by atoms with E-state index in [1.165, 1.54) is 12.8 Å². The van der Waals surface area contributed by atoms with Gasteiger partial charge in [0.25, 0.3) is 0 Å². The van der Waals surface area contributed by atoms with Crippen molar-refractivity contribution in [2.24, 2.45) is 4.99 Å². The maximum Gasteiger partial charge on any atom is 0.191 e. The molecule has 1 saturated heterocycles. The Bertz CT molecular complexity index is 752. The van der Waals surface area contributed by atoms with Gasteiger partial charge in [-0.05, 0) is 51.4 Å². The molecular weight excluding hydrogens is 469 g/mol. The number of furan rings is 1. The number of halogens is 1. The van der Waals surface area contributed by atoms with E-state index in [0.717, 1.165) is 68.9 Å². The minimum atomic E-state index is 0. The number of aliphatic imine (C=N–C) groups is 1. The van der Waals surface area contributed by atoms with Crippen molar-refractivity contribution in [2.75, 3.05) is 26.2 Å². The van der Waals surface area contributed by atoms with Crippen LogP contribution < -0.4 is 10.6 Å². The minimum Gasteiger partial charge on any atom is -0.468 e. The van der Waals surface area contributed by atoms with Gasteiger partial charge < -0.3 is 19.6 Å². The van der Waals surface area contributed by atoms with E-state index in [9.17, 15) is 0 Å². The van der Waals surface area contributed by atoms with Gasteiger partial charge in [0.15, 0.2) is 11.8 Å². The zero-order valence-corrected chi connectivity index (χ0v) is 18.8. The van der Waals surface area contributed by atoms with Crippen LogP contribution >= 0.6 is 24.0 Å². The smallest absolute Gasteiger partial charge is 0.191 e. The third-order valence-electron chi connectivity index (χ3n) is 5.32. The molecule has 0 spiro atoms. The first-order valence-electron chi connectivity index (χ1n) is 10.1. The summed E-state index contributed by atoms with van der Waals surface area (Å²) in [6.07, 6.45) is 6.44. The van der Waals surface area contributed by atoms with E-state index in [2.05, 4.69) is 43.3 Å². The summed E-state index contributed by atoms with van der Waals surface area (Å²) in [7, 11) is 0. The van der Waals surface area contributed by atoms with E-state index in [0.29, 0.717) is 6.54 Å². The lowest BCUT2D eigenvalue weighted by molar-refractivity contribution is 0.215. The maximum atomic E-state index is 5.71. The Morgan fingerprint density at radius 3 is 2.82 bits per heavy atom. The van der Waals surface area contributed by atoms with Gasteiger partial charge in [-0.25, -0.2) is 4.99 Å². The van der Waals surface area contributed by atoms with Crippen LogP contribution in [0.25, 0.3) is 0 Å². The Morgan fingerprint density at radius 2 is 2.07 bits per heavy atom. The Hall–Kier alpha value is -1.62. The molecule has 0 amide bonds. The van der Waals surface area contributed by atoms with E-state index in [-0.39, 0.29) is 30.0 Å². The third kappa shape index (κ3) is 4.86. The van der Waals surface area contributed by atoms with Gasteiger partial charge in [0.05, 0.1) is 12.3 Å². The van der Waals surface area contributed by atoms with Crippen molar-refractivity contribution < 1.29 is 4.42 Å². The second-order valence-electron chi connectivity index (χ2n) is 7.14. The molecule has 2 aliphatic rings. The molecule has 0 saturated carbocycles. The summed E-state index contributed by atoms with van der Waals surface area (Å²) in [5.41, 5.74) is 0. The number of hydrogen-bond acceptors (Lipinski definition) is 5. The van der Waals surface area contributed by atoms with Crippen LogP contribution in [0.2, 0.25) is 0 Å². The van der Waals surface area contributed by atoms with Gasteiger partial charge in [-0.2, -0.15) is 0 Å². The molecule has 0 aromatic carbocycles. The molecule has 2 N–H and O–H groups in total. The normalized spacial score (nSPS) is 18.0. The standard InChI is InChI=1S/C19H29N7O.HI/c1-2-20-19(22-14-18-24-23-17-8-5-11-26(17)18)21-13-15(16-7-6-12-27-16)25-9-3-4-10-25;/h6-7,12,15H,2-5,8-11,13-14H2,1H3,(H2,20,21,22);1H. The topological polar surface area (TPSA) is 83.5 Å². The van der Waals surface area contributed by atoms with Crippen molar-refractivity contribution in [2.45, 2.75) is 51.7 Å². The van der Waals surface area contributed by atoms with Gasteiger partial charge in [-0.3, -0.25) is 4.90 Å². The average molecular weight is 499 g/mol. The summed E-state index contributed by atoms with van der Waals surface area (Å²) in [5, 5.41) is 15.4. The van der Waals surface area contributed by atoms with Crippen LogP contribution in [0.5, 0.6) is 0 Å². The molecule has 1 fully saturated rings. The first kappa shape index (κ1) is 21.1. The molecule has 154 valence electrons. The predicted octanol–water partition coefficient (Wildman–Crippen LogP) is 2.33. The van der Waals surface area contributed by atoms with Crippen LogP contribution in [0, 0.1) is 0 Å². The van der Waals surface area contributed by atoms with Crippen LogP contribution in [-0.2, 0) is 19.5 Å². The number of nitrogens with one attached hydrogen (secondary N) is 2. The molecule has 4 heterocycles. The van der Waals surface area contributed by atoms with E-state index >= 15 is 0 Å². The SMILES string of the molecule is CCNC(=NCc1nnc2n1CCC2)NCC(c1ccco1)N1CCCC1.I. The first-order chi connectivity index (χ1) is 13.3. The number of aryl methyl sites for hydroxylation is 1. The lowest BCUT2D eigenvalue weighted by Gasteiger charge is -2.26. The molecule has 9 heteroatoms. The fourth-order valence-electron chi connectivity index (χ4n) is 3.96. The largest absolute Gasteiger partial charge is 0.468 e. The number of hydrogen-bond donors (Lipinski definition) is 2. The van der Waals surface area contributed by atoms with Crippen molar-refractivity contribution in [1.29, 1.82) is 0 Å². The molecule has 0 aliphatic carbocycles. The summed E-state index contributed by atoms with van der Waals surface area (Å²) >= 11 is 0. The van der Waals surface area contributed by atoms with Crippen molar-refractivity contribution in [3.63, 3.8) is 0 Å². The Labute approximate surface area is 183 Å². The van der Waals surface area contributed by atoms with E-state index in [1.807, 2.05) is 6.07 Å². The van der Waals surface area contributed by atoms with Gasteiger partial charge in [-0.1, -0.05) is 0 Å². The highest BCUT2D eigenvalue weighted by Crippen LogP contribution is 2.24. The average Bonchev–Trinajstić information content (AvgIpc) is 3.46. The molecule has 4 rings (SSSR count). The van der Waals surface area contributed by atoms with E-state index in [4.69, 9.17) is 9.41 Å². The van der Waals surface area contributed by atoms with E-state index < -0.39 is 0 Å². The first-order valence-corrected chi connectivity index (χ1v) is 10.1. The molecular formula is C19H30IN7O. The summed E-state index contributed by atoms with van der Waals surface area (Å²) < 4.78 is 7.90.